The molecule has 3 rings (SSSR count). The van der Waals surface area contributed by atoms with E-state index in [1.165, 1.54) is 12.1 Å². The van der Waals surface area contributed by atoms with E-state index in [1.807, 2.05) is 30.3 Å². The first-order valence-electron chi connectivity index (χ1n) is 10.4. The summed E-state index contributed by atoms with van der Waals surface area (Å²) < 4.78 is 5.12. The fourth-order valence-corrected chi connectivity index (χ4v) is 3.32. The third-order valence-electron chi connectivity index (χ3n) is 5.05. The summed E-state index contributed by atoms with van der Waals surface area (Å²) in [6.07, 6.45) is 0.206. The minimum absolute atomic E-state index is 0.0690. The van der Waals surface area contributed by atoms with E-state index < -0.39 is 11.0 Å². The first-order valence-corrected chi connectivity index (χ1v) is 10.4. The van der Waals surface area contributed by atoms with Gasteiger partial charge in [0.15, 0.2) is 0 Å². The number of nitro groups is 1. The van der Waals surface area contributed by atoms with Gasteiger partial charge in [-0.05, 0) is 28.8 Å². The first kappa shape index (κ1) is 23.5. The van der Waals surface area contributed by atoms with Crippen LogP contribution < -0.4 is 15.4 Å². The van der Waals surface area contributed by atoms with Gasteiger partial charge in [-0.2, -0.15) is 0 Å². The zero-order valence-corrected chi connectivity index (χ0v) is 18.2. The van der Waals surface area contributed by atoms with Crippen LogP contribution in [-0.2, 0) is 29.0 Å². The summed E-state index contributed by atoms with van der Waals surface area (Å²) in [6, 6.07) is 21.7. The van der Waals surface area contributed by atoms with Crippen molar-refractivity contribution in [2.24, 2.45) is 0 Å². The number of ether oxygens (including phenoxy) is 1. The lowest BCUT2D eigenvalue weighted by Crippen LogP contribution is -2.48. The Balaban J connectivity index is 1.71. The van der Waals surface area contributed by atoms with Gasteiger partial charge in [-0.15, -0.1) is 0 Å². The van der Waals surface area contributed by atoms with Crippen molar-refractivity contribution in [2.45, 2.75) is 25.4 Å². The fourth-order valence-electron chi connectivity index (χ4n) is 3.32. The molecule has 0 bridgehead atoms. The molecule has 0 aliphatic heterocycles. The molecule has 8 nitrogen and oxygen atoms in total. The zero-order chi connectivity index (χ0) is 23.6. The lowest BCUT2D eigenvalue weighted by atomic mass is 10.0. The third kappa shape index (κ3) is 7.17. The van der Waals surface area contributed by atoms with Crippen molar-refractivity contribution in [2.75, 3.05) is 7.11 Å². The number of carbonyl (C=O) groups is 2. The van der Waals surface area contributed by atoms with Crippen LogP contribution in [-0.4, -0.2) is 29.9 Å². The Morgan fingerprint density at radius 3 is 2.30 bits per heavy atom. The predicted molar refractivity (Wildman–Crippen MR) is 124 cm³/mol. The van der Waals surface area contributed by atoms with Gasteiger partial charge in [-0.1, -0.05) is 54.6 Å². The summed E-state index contributed by atoms with van der Waals surface area (Å²) in [5, 5.41) is 16.7. The number of rotatable bonds is 10. The monoisotopic (exact) mass is 447 g/mol. The smallest absolute Gasteiger partial charge is 0.269 e. The molecule has 0 aliphatic carbocycles. The standard InChI is InChI=1S/C25H25N3O5/c1-33-22-12-10-18(11-13-22)16-24(29)27-23(15-20-8-5-9-21(14-20)28(31)32)25(30)26-17-19-6-3-2-4-7-19/h2-14,23H,15-17H2,1H3,(H,26,30)(H,27,29)/t23-/m1/s1. The van der Waals surface area contributed by atoms with Crippen molar-refractivity contribution in [3.05, 3.63) is 106 Å². The Morgan fingerprint density at radius 1 is 0.939 bits per heavy atom. The summed E-state index contributed by atoms with van der Waals surface area (Å²) in [5.41, 5.74) is 2.20. The molecule has 0 fully saturated rings. The van der Waals surface area contributed by atoms with Crippen molar-refractivity contribution >= 4 is 17.5 Å². The number of hydrogen-bond donors (Lipinski definition) is 2. The van der Waals surface area contributed by atoms with Crippen molar-refractivity contribution in [1.82, 2.24) is 10.6 Å². The zero-order valence-electron chi connectivity index (χ0n) is 18.2. The van der Waals surface area contributed by atoms with Crippen LogP contribution in [0.25, 0.3) is 0 Å². The Labute approximate surface area is 191 Å². The molecule has 0 saturated carbocycles. The lowest BCUT2D eigenvalue weighted by molar-refractivity contribution is -0.384. The highest BCUT2D eigenvalue weighted by Crippen LogP contribution is 2.15. The van der Waals surface area contributed by atoms with E-state index in [0.717, 1.165) is 11.1 Å². The minimum atomic E-state index is -0.888. The molecule has 3 aromatic rings. The lowest BCUT2D eigenvalue weighted by Gasteiger charge is -2.19. The quantitative estimate of drug-likeness (QED) is 0.366. The highest BCUT2D eigenvalue weighted by atomic mass is 16.6. The number of non-ortho nitro benzene ring substituents is 1. The molecule has 2 amide bonds. The van der Waals surface area contributed by atoms with Crippen LogP contribution in [0.4, 0.5) is 5.69 Å². The fraction of sp³-hybridized carbons (Fsp3) is 0.200. The molecule has 0 radical (unpaired) electrons. The summed E-state index contributed by atoms with van der Waals surface area (Å²) in [7, 11) is 1.56. The van der Waals surface area contributed by atoms with Gasteiger partial charge in [-0.25, -0.2) is 0 Å². The van der Waals surface area contributed by atoms with E-state index in [9.17, 15) is 19.7 Å². The molecule has 170 valence electrons. The Kier molecular flexibility index (Phi) is 8.13. The van der Waals surface area contributed by atoms with Crippen molar-refractivity contribution in [1.29, 1.82) is 0 Å². The van der Waals surface area contributed by atoms with Crippen molar-refractivity contribution < 1.29 is 19.2 Å². The summed E-state index contributed by atoms with van der Waals surface area (Å²) >= 11 is 0. The molecule has 33 heavy (non-hydrogen) atoms. The van der Waals surface area contributed by atoms with Crippen molar-refractivity contribution in [3.63, 3.8) is 0 Å². The topological polar surface area (TPSA) is 111 Å². The van der Waals surface area contributed by atoms with Gasteiger partial charge in [-0.3, -0.25) is 19.7 Å². The van der Waals surface area contributed by atoms with Gasteiger partial charge in [0.05, 0.1) is 18.5 Å². The number of carbonyl (C=O) groups excluding carboxylic acids is 2. The van der Waals surface area contributed by atoms with E-state index in [-0.39, 0.29) is 30.3 Å². The molecule has 0 heterocycles. The predicted octanol–water partition coefficient (Wildman–Crippen LogP) is 3.19. The second kappa shape index (κ2) is 11.4. The molecule has 2 N–H and O–H groups in total. The largest absolute Gasteiger partial charge is 0.497 e. The third-order valence-corrected chi connectivity index (χ3v) is 5.05. The number of nitrogens with zero attached hydrogens (tertiary/aromatic N) is 1. The summed E-state index contributed by atoms with van der Waals surface area (Å²) in [5.74, 6) is -0.0121. The van der Waals surface area contributed by atoms with Gasteiger partial charge in [0.2, 0.25) is 11.8 Å². The van der Waals surface area contributed by atoms with Gasteiger partial charge >= 0.3 is 0 Å². The van der Waals surface area contributed by atoms with E-state index >= 15 is 0 Å². The molecule has 0 saturated heterocycles. The summed E-state index contributed by atoms with van der Waals surface area (Å²) in [6.45, 7) is 0.305. The van der Waals surface area contributed by atoms with Crippen LogP contribution in [0.2, 0.25) is 0 Å². The maximum Gasteiger partial charge on any atom is 0.269 e. The molecule has 0 aliphatic rings. The average molecular weight is 447 g/mol. The van der Waals surface area contributed by atoms with Gasteiger partial charge < -0.3 is 15.4 Å². The number of nitrogens with one attached hydrogen (secondary N) is 2. The van der Waals surface area contributed by atoms with Gasteiger partial charge in [0, 0.05) is 25.1 Å². The van der Waals surface area contributed by atoms with E-state index in [1.54, 1.807) is 43.5 Å². The van der Waals surface area contributed by atoms with E-state index in [0.29, 0.717) is 17.9 Å². The van der Waals surface area contributed by atoms with Crippen molar-refractivity contribution in [3.8, 4) is 5.75 Å². The molecular weight excluding hydrogens is 422 g/mol. The number of nitro benzene ring substituents is 1. The highest BCUT2D eigenvalue weighted by molar-refractivity contribution is 5.88. The van der Waals surface area contributed by atoms with Crippen LogP contribution in [0.5, 0.6) is 5.75 Å². The molecule has 3 aromatic carbocycles. The summed E-state index contributed by atoms with van der Waals surface area (Å²) in [4.78, 5) is 36.2. The second-order valence-electron chi connectivity index (χ2n) is 7.48. The molecule has 0 aromatic heterocycles. The first-order chi connectivity index (χ1) is 15.9. The molecule has 0 spiro atoms. The van der Waals surface area contributed by atoms with Crippen LogP contribution in [0.3, 0.4) is 0 Å². The van der Waals surface area contributed by atoms with Crippen LogP contribution >= 0.6 is 0 Å². The molecule has 1 atom stereocenters. The SMILES string of the molecule is COc1ccc(CC(=O)N[C@H](Cc2cccc([N+](=O)[O-])c2)C(=O)NCc2ccccc2)cc1. The van der Waals surface area contributed by atoms with E-state index in [4.69, 9.17) is 4.74 Å². The number of hydrogen-bond acceptors (Lipinski definition) is 5. The average Bonchev–Trinajstić information content (AvgIpc) is 2.83. The number of amides is 2. The van der Waals surface area contributed by atoms with Crippen LogP contribution in [0, 0.1) is 10.1 Å². The number of methoxy groups -OCH3 is 1. The normalized spacial score (nSPS) is 11.3. The van der Waals surface area contributed by atoms with Gasteiger partial charge in [0.25, 0.3) is 5.69 Å². The van der Waals surface area contributed by atoms with E-state index in [2.05, 4.69) is 10.6 Å². The Morgan fingerprint density at radius 2 is 1.64 bits per heavy atom. The minimum Gasteiger partial charge on any atom is -0.497 e. The highest BCUT2D eigenvalue weighted by Gasteiger charge is 2.22. The number of benzene rings is 3. The van der Waals surface area contributed by atoms with Gasteiger partial charge in [0.1, 0.15) is 11.8 Å². The Hall–Kier alpha value is -4.20. The maximum absolute atomic E-state index is 12.9. The maximum atomic E-state index is 12.9. The van der Waals surface area contributed by atoms with Crippen LogP contribution in [0.15, 0.2) is 78.9 Å². The molecular formula is C25H25N3O5. The molecule has 8 heteroatoms. The second-order valence-corrected chi connectivity index (χ2v) is 7.48. The van der Waals surface area contributed by atoms with Crippen LogP contribution in [0.1, 0.15) is 16.7 Å². The Bertz CT molecular complexity index is 1100. The molecule has 0 unspecified atom stereocenters.